The van der Waals surface area contributed by atoms with Crippen molar-refractivity contribution in [2.45, 2.75) is 54.3 Å². The fourth-order valence-corrected chi connectivity index (χ4v) is 5.03. The van der Waals surface area contributed by atoms with Gasteiger partial charge in [-0.05, 0) is 62.1 Å². The van der Waals surface area contributed by atoms with Crippen molar-refractivity contribution in [1.29, 1.82) is 5.26 Å². The smallest absolute Gasteiger partial charge is 0.402 e. The number of nitrogens with one attached hydrogen (secondary N) is 2. The minimum absolute atomic E-state index is 0.0131. The van der Waals surface area contributed by atoms with E-state index in [0.717, 1.165) is 18.5 Å². The van der Waals surface area contributed by atoms with E-state index in [2.05, 4.69) is 26.8 Å². The Morgan fingerprint density at radius 1 is 1.28 bits per heavy atom. The number of halogens is 2. The van der Waals surface area contributed by atoms with E-state index >= 15 is 0 Å². The highest BCUT2D eigenvalue weighted by molar-refractivity contribution is 7.91. The number of carbonyl (C=O) groups is 1. The number of anilines is 3. The summed E-state index contributed by atoms with van der Waals surface area (Å²) in [4.78, 5) is 16.3. The molecule has 2 aromatic heterocycles. The summed E-state index contributed by atoms with van der Waals surface area (Å²) in [7, 11) is 0. The van der Waals surface area contributed by atoms with Crippen LogP contribution in [0.4, 0.5) is 26.0 Å². The molecule has 0 radical (unpaired) electrons. The van der Waals surface area contributed by atoms with Gasteiger partial charge >= 0.3 is 5.76 Å². The molecule has 12 heteroatoms. The van der Waals surface area contributed by atoms with Gasteiger partial charge in [0.2, 0.25) is 0 Å². The van der Waals surface area contributed by atoms with Crippen molar-refractivity contribution in [2.75, 3.05) is 10.6 Å². The van der Waals surface area contributed by atoms with Crippen LogP contribution in [0.2, 0.25) is 0 Å². The van der Waals surface area contributed by atoms with Crippen molar-refractivity contribution in [1.82, 2.24) is 14.8 Å². The van der Waals surface area contributed by atoms with Crippen LogP contribution in [0.15, 0.2) is 59.9 Å². The minimum Gasteiger partial charge on any atom is -0.607 e. The SMILES string of the molecule is N#CCC1(n2cc(C(N)=O)c(Nc3ccc([S+]([O-])C(F)F)cc3)n2)CCC(Nc2cccnc2)CC1. The van der Waals surface area contributed by atoms with E-state index < -0.39 is 28.4 Å². The molecule has 4 rings (SSSR count). The number of nitriles is 1. The number of hydrogen-bond donors (Lipinski definition) is 3. The molecule has 0 bridgehead atoms. The zero-order valence-electron chi connectivity index (χ0n) is 19.2. The molecule has 0 spiro atoms. The van der Waals surface area contributed by atoms with E-state index in [1.807, 2.05) is 12.1 Å². The van der Waals surface area contributed by atoms with Crippen LogP contribution in [0.25, 0.3) is 0 Å². The molecule has 1 unspecified atom stereocenters. The van der Waals surface area contributed by atoms with Gasteiger partial charge in [0.15, 0.2) is 10.7 Å². The number of benzene rings is 1. The van der Waals surface area contributed by atoms with E-state index in [9.17, 15) is 23.4 Å². The van der Waals surface area contributed by atoms with Crippen molar-refractivity contribution in [3.05, 3.63) is 60.6 Å². The summed E-state index contributed by atoms with van der Waals surface area (Å²) in [6.07, 6.45) is 8.12. The lowest BCUT2D eigenvalue weighted by atomic mass is 9.77. The predicted molar refractivity (Wildman–Crippen MR) is 131 cm³/mol. The molecule has 188 valence electrons. The molecule has 1 amide bonds. The summed E-state index contributed by atoms with van der Waals surface area (Å²) in [6.45, 7) is 0. The summed E-state index contributed by atoms with van der Waals surface area (Å²) < 4.78 is 38.7. The highest BCUT2D eigenvalue weighted by Crippen LogP contribution is 2.39. The molecule has 1 aliphatic rings. The van der Waals surface area contributed by atoms with Crippen LogP contribution in [-0.4, -0.2) is 37.0 Å². The molecule has 1 atom stereocenters. The lowest BCUT2D eigenvalue weighted by Crippen LogP contribution is -2.41. The van der Waals surface area contributed by atoms with Gasteiger partial charge in [-0.3, -0.25) is 14.5 Å². The molecular weight excluding hydrogens is 488 g/mol. The fraction of sp³-hybridized carbons (Fsp3) is 0.333. The fourth-order valence-electron chi connectivity index (χ4n) is 4.42. The molecule has 1 aliphatic carbocycles. The standard InChI is InChI=1S/C24H25F2N7O2S/c25-23(26)36(35)19-5-3-16(4-6-19)31-22-20(21(28)34)15-33(32-22)24(11-12-27)9-7-17(8-10-24)30-18-2-1-13-29-14-18/h1-6,13-15,17,23,30H,7-11H2,(H2,28,34)(H,31,32). The number of carbonyl (C=O) groups excluding carboxylic acids is 1. The molecule has 3 aromatic rings. The Bertz CT molecular complexity index is 1220. The Labute approximate surface area is 209 Å². The molecular formula is C24H25F2N7O2S. The van der Waals surface area contributed by atoms with Crippen LogP contribution < -0.4 is 16.4 Å². The van der Waals surface area contributed by atoms with Gasteiger partial charge in [-0.1, -0.05) is 0 Å². The van der Waals surface area contributed by atoms with Crippen LogP contribution in [0.5, 0.6) is 0 Å². The van der Waals surface area contributed by atoms with E-state index in [0.29, 0.717) is 18.5 Å². The van der Waals surface area contributed by atoms with Crippen molar-refractivity contribution in [3.63, 3.8) is 0 Å². The third-order valence-corrected chi connectivity index (χ3v) is 7.39. The molecule has 4 N–H and O–H groups in total. The first-order valence-electron chi connectivity index (χ1n) is 11.3. The number of pyridine rings is 1. The van der Waals surface area contributed by atoms with Crippen LogP contribution >= 0.6 is 0 Å². The maximum atomic E-state index is 12.7. The van der Waals surface area contributed by atoms with E-state index in [-0.39, 0.29) is 28.7 Å². The summed E-state index contributed by atoms with van der Waals surface area (Å²) in [5.74, 6) is -3.48. The number of amides is 1. The highest BCUT2D eigenvalue weighted by atomic mass is 32.2. The van der Waals surface area contributed by atoms with Crippen molar-refractivity contribution in [3.8, 4) is 6.07 Å². The second-order valence-corrected chi connectivity index (χ2v) is 10.0. The summed E-state index contributed by atoms with van der Waals surface area (Å²) in [6, 6.07) is 11.9. The number of hydrogen-bond acceptors (Lipinski definition) is 7. The van der Waals surface area contributed by atoms with Gasteiger partial charge in [0, 0.05) is 30.3 Å². The van der Waals surface area contributed by atoms with Gasteiger partial charge in [0.25, 0.3) is 5.91 Å². The van der Waals surface area contributed by atoms with E-state index in [1.165, 1.54) is 24.3 Å². The average Bonchev–Trinajstić information content (AvgIpc) is 3.31. The van der Waals surface area contributed by atoms with Crippen molar-refractivity contribution >= 4 is 34.3 Å². The number of nitrogens with two attached hydrogens (primary N) is 1. The number of aromatic nitrogens is 3. The normalized spacial score (nSPS) is 20.5. The summed E-state index contributed by atoms with van der Waals surface area (Å²) in [5.41, 5.74) is 6.52. The van der Waals surface area contributed by atoms with Crippen LogP contribution in [0.1, 0.15) is 42.5 Å². The monoisotopic (exact) mass is 513 g/mol. The zero-order valence-corrected chi connectivity index (χ0v) is 20.0. The highest BCUT2D eigenvalue weighted by Gasteiger charge is 2.39. The molecule has 9 nitrogen and oxygen atoms in total. The lowest BCUT2D eigenvalue weighted by Gasteiger charge is -2.39. The van der Waals surface area contributed by atoms with Crippen molar-refractivity contribution in [2.24, 2.45) is 5.73 Å². The Hall–Kier alpha value is -3.69. The average molecular weight is 514 g/mol. The van der Waals surface area contributed by atoms with Crippen LogP contribution in [-0.2, 0) is 16.7 Å². The van der Waals surface area contributed by atoms with Gasteiger partial charge in [0.05, 0.1) is 34.9 Å². The Morgan fingerprint density at radius 2 is 2.00 bits per heavy atom. The second kappa shape index (κ2) is 10.9. The van der Waals surface area contributed by atoms with Gasteiger partial charge in [0.1, 0.15) is 5.56 Å². The number of alkyl halides is 2. The van der Waals surface area contributed by atoms with E-state index in [4.69, 9.17) is 5.73 Å². The Morgan fingerprint density at radius 3 is 2.58 bits per heavy atom. The molecule has 2 heterocycles. The second-order valence-electron chi connectivity index (χ2n) is 8.63. The molecule has 1 saturated carbocycles. The molecule has 1 aromatic carbocycles. The number of rotatable bonds is 9. The molecule has 0 aliphatic heterocycles. The third kappa shape index (κ3) is 5.58. The maximum absolute atomic E-state index is 12.7. The Balaban J connectivity index is 1.54. The predicted octanol–water partition coefficient (Wildman–Crippen LogP) is 4.11. The van der Waals surface area contributed by atoms with Crippen molar-refractivity contribution < 1.29 is 18.1 Å². The topological polar surface area (TPSA) is 145 Å². The first-order chi connectivity index (χ1) is 17.3. The summed E-state index contributed by atoms with van der Waals surface area (Å²) >= 11 is -2.42. The van der Waals surface area contributed by atoms with Gasteiger partial charge in [-0.2, -0.15) is 19.1 Å². The van der Waals surface area contributed by atoms with E-state index in [1.54, 1.807) is 23.3 Å². The molecule has 1 fully saturated rings. The summed E-state index contributed by atoms with van der Waals surface area (Å²) in [5, 5.41) is 20.6. The number of nitrogens with zero attached hydrogens (tertiary/aromatic N) is 4. The van der Waals surface area contributed by atoms with Gasteiger partial charge in [-0.25, -0.2) is 0 Å². The Kier molecular flexibility index (Phi) is 7.71. The van der Waals surface area contributed by atoms with Gasteiger partial charge < -0.3 is 20.9 Å². The lowest BCUT2D eigenvalue weighted by molar-refractivity contribution is 0.1000. The number of primary amides is 1. The van der Waals surface area contributed by atoms with Crippen LogP contribution in [0.3, 0.4) is 0 Å². The third-order valence-electron chi connectivity index (χ3n) is 6.33. The quantitative estimate of drug-likeness (QED) is 0.365. The first kappa shape index (κ1) is 25.4. The maximum Gasteiger partial charge on any atom is 0.402 e. The first-order valence-corrected chi connectivity index (χ1v) is 12.5. The largest absolute Gasteiger partial charge is 0.607 e. The van der Waals surface area contributed by atoms with Crippen LogP contribution in [0, 0.1) is 11.3 Å². The van der Waals surface area contributed by atoms with Gasteiger partial charge in [-0.15, -0.1) is 0 Å². The molecule has 36 heavy (non-hydrogen) atoms. The molecule has 0 saturated heterocycles. The minimum atomic E-state index is -2.98. The zero-order chi connectivity index (χ0) is 25.7.